The third kappa shape index (κ3) is 6.18. The molecule has 7 heteroatoms. The van der Waals surface area contributed by atoms with E-state index < -0.39 is 17.9 Å². The molecule has 3 aromatic carbocycles. The normalized spacial score (nSPS) is 11.2. The summed E-state index contributed by atoms with van der Waals surface area (Å²) in [7, 11) is 0. The molecule has 7 nitrogen and oxygen atoms in total. The molecule has 3 aromatic rings. The topological polar surface area (TPSA) is 96.5 Å². The molecule has 164 valence electrons. The molecular formula is C25H25N3O4. The lowest BCUT2D eigenvalue weighted by molar-refractivity contribution is -0.128. The first-order valence-corrected chi connectivity index (χ1v) is 10.3. The van der Waals surface area contributed by atoms with Crippen LogP contribution < -0.4 is 20.9 Å². The van der Waals surface area contributed by atoms with Crippen molar-refractivity contribution in [3.63, 3.8) is 0 Å². The lowest BCUT2D eigenvalue weighted by atomic mass is 10.1. The van der Waals surface area contributed by atoms with Crippen molar-refractivity contribution < 1.29 is 19.1 Å². The average molecular weight is 431 g/mol. The Labute approximate surface area is 186 Å². The minimum atomic E-state index is -0.743. The number of benzene rings is 3. The van der Waals surface area contributed by atoms with Crippen LogP contribution >= 0.6 is 0 Å². The molecule has 32 heavy (non-hydrogen) atoms. The van der Waals surface area contributed by atoms with Gasteiger partial charge < -0.3 is 10.1 Å². The van der Waals surface area contributed by atoms with E-state index in [2.05, 4.69) is 16.2 Å². The fourth-order valence-corrected chi connectivity index (χ4v) is 2.94. The van der Waals surface area contributed by atoms with Crippen molar-refractivity contribution in [3.05, 3.63) is 95.6 Å². The summed E-state index contributed by atoms with van der Waals surface area (Å²) in [6.07, 6.45) is -0.307. The van der Waals surface area contributed by atoms with Gasteiger partial charge in [-0.05, 0) is 67.4 Å². The smallest absolute Gasteiger partial charge is 0.279 e. The fourth-order valence-electron chi connectivity index (χ4n) is 2.94. The first-order chi connectivity index (χ1) is 15.5. The molecule has 0 aliphatic carbocycles. The number of aryl methyl sites for hydroxylation is 1. The summed E-state index contributed by atoms with van der Waals surface area (Å²) in [5.74, 6) is -0.584. The zero-order valence-electron chi connectivity index (χ0n) is 17.9. The van der Waals surface area contributed by atoms with Gasteiger partial charge in [0.2, 0.25) is 0 Å². The molecule has 0 aromatic heterocycles. The Kier molecular flexibility index (Phi) is 7.59. The lowest BCUT2D eigenvalue weighted by Crippen LogP contribution is -2.47. The van der Waals surface area contributed by atoms with Gasteiger partial charge in [0.25, 0.3) is 17.7 Å². The van der Waals surface area contributed by atoms with Crippen LogP contribution in [-0.2, 0) is 4.79 Å². The van der Waals surface area contributed by atoms with E-state index in [4.69, 9.17) is 4.74 Å². The van der Waals surface area contributed by atoms with Gasteiger partial charge in [-0.25, -0.2) is 0 Å². The number of hydrogen-bond acceptors (Lipinski definition) is 4. The minimum absolute atomic E-state index is 0.241. The third-order valence-electron chi connectivity index (χ3n) is 4.67. The van der Waals surface area contributed by atoms with Crippen molar-refractivity contribution in [3.8, 4) is 5.75 Å². The largest absolute Gasteiger partial charge is 0.481 e. The van der Waals surface area contributed by atoms with Crippen molar-refractivity contribution in [1.29, 1.82) is 0 Å². The summed E-state index contributed by atoms with van der Waals surface area (Å²) < 4.78 is 5.73. The molecule has 0 bridgehead atoms. The van der Waals surface area contributed by atoms with E-state index in [1.165, 1.54) is 0 Å². The molecule has 0 fully saturated rings. The van der Waals surface area contributed by atoms with E-state index >= 15 is 0 Å². The summed E-state index contributed by atoms with van der Waals surface area (Å²) >= 11 is 0. The first-order valence-electron chi connectivity index (χ1n) is 10.3. The summed E-state index contributed by atoms with van der Waals surface area (Å²) in [6, 6.07) is 22.6. The Morgan fingerprint density at radius 3 is 2.16 bits per heavy atom. The molecule has 0 radical (unpaired) electrons. The molecule has 0 spiro atoms. The van der Waals surface area contributed by atoms with Crippen molar-refractivity contribution >= 4 is 23.4 Å². The number of carbonyl (C=O) groups excluding carboxylic acids is 3. The van der Waals surface area contributed by atoms with Crippen LogP contribution in [0.3, 0.4) is 0 Å². The van der Waals surface area contributed by atoms with Crippen LogP contribution in [0, 0.1) is 6.92 Å². The van der Waals surface area contributed by atoms with Gasteiger partial charge in [-0.2, -0.15) is 0 Å². The van der Waals surface area contributed by atoms with E-state index in [0.29, 0.717) is 29.0 Å². The van der Waals surface area contributed by atoms with E-state index in [1.807, 2.05) is 38.1 Å². The van der Waals surface area contributed by atoms with Gasteiger partial charge in [0.05, 0.1) is 0 Å². The summed E-state index contributed by atoms with van der Waals surface area (Å²) in [6.45, 7) is 3.76. The van der Waals surface area contributed by atoms with Crippen molar-refractivity contribution in [1.82, 2.24) is 10.9 Å². The van der Waals surface area contributed by atoms with Gasteiger partial charge in [0, 0.05) is 16.8 Å². The molecule has 0 aliphatic rings. The maximum absolute atomic E-state index is 12.4. The number of ether oxygens (including phenoxy) is 1. The van der Waals surface area contributed by atoms with Crippen LogP contribution in [0.2, 0.25) is 0 Å². The maximum Gasteiger partial charge on any atom is 0.279 e. The third-order valence-corrected chi connectivity index (χ3v) is 4.67. The zero-order valence-corrected chi connectivity index (χ0v) is 17.9. The van der Waals surface area contributed by atoms with Crippen LogP contribution in [0.1, 0.15) is 39.6 Å². The van der Waals surface area contributed by atoms with Crippen LogP contribution in [0.15, 0.2) is 78.9 Å². The first kappa shape index (κ1) is 22.6. The van der Waals surface area contributed by atoms with Crippen molar-refractivity contribution in [2.75, 3.05) is 5.32 Å². The molecule has 3 amide bonds. The number of nitrogens with one attached hydrogen (secondary N) is 3. The second-order valence-electron chi connectivity index (χ2n) is 7.17. The second-order valence-corrected chi connectivity index (χ2v) is 7.17. The number of amides is 3. The Hall–Kier alpha value is -4.13. The SMILES string of the molecule is CCC(Oc1cccc(C)c1)C(=O)NNC(=O)c1ccc(NC(=O)c2ccccc2)cc1. The second kappa shape index (κ2) is 10.8. The molecular weight excluding hydrogens is 406 g/mol. The van der Waals surface area contributed by atoms with Crippen LogP contribution in [0.4, 0.5) is 5.69 Å². The Bertz CT molecular complexity index is 1080. The Morgan fingerprint density at radius 2 is 1.50 bits per heavy atom. The summed E-state index contributed by atoms with van der Waals surface area (Å²) in [5.41, 5.74) is 7.24. The molecule has 0 saturated heterocycles. The number of carbonyl (C=O) groups is 3. The van der Waals surface area contributed by atoms with E-state index in [0.717, 1.165) is 5.56 Å². The predicted molar refractivity (Wildman–Crippen MR) is 122 cm³/mol. The Balaban J connectivity index is 1.52. The average Bonchev–Trinajstić information content (AvgIpc) is 2.82. The lowest BCUT2D eigenvalue weighted by Gasteiger charge is -2.18. The molecule has 0 saturated carbocycles. The van der Waals surface area contributed by atoms with E-state index in [9.17, 15) is 14.4 Å². The minimum Gasteiger partial charge on any atom is -0.481 e. The predicted octanol–water partition coefficient (Wildman–Crippen LogP) is 3.87. The maximum atomic E-state index is 12.4. The number of hydrazine groups is 1. The highest BCUT2D eigenvalue weighted by Gasteiger charge is 2.19. The van der Waals surface area contributed by atoms with Gasteiger partial charge in [-0.3, -0.25) is 25.2 Å². The van der Waals surface area contributed by atoms with Crippen LogP contribution in [0.25, 0.3) is 0 Å². The molecule has 1 atom stereocenters. The molecule has 3 N–H and O–H groups in total. The molecule has 1 unspecified atom stereocenters. The van der Waals surface area contributed by atoms with Crippen molar-refractivity contribution in [2.24, 2.45) is 0 Å². The van der Waals surface area contributed by atoms with Gasteiger partial charge in [-0.1, -0.05) is 37.3 Å². The quantitative estimate of drug-likeness (QED) is 0.495. The van der Waals surface area contributed by atoms with Crippen LogP contribution in [0.5, 0.6) is 5.75 Å². The monoisotopic (exact) mass is 431 g/mol. The molecule has 0 heterocycles. The van der Waals surface area contributed by atoms with E-state index in [-0.39, 0.29) is 5.91 Å². The fraction of sp³-hybridized carbons (Fsp3) is 0.160. The molecule has 3 rings (SSSR count). The zero-order chi connectivity index (χ0) is 22.9. The standard InChI is InChI=1S/C25H25N3O4/c1-3-22(32-21-11-7-8-17(2)16-21)25(31)28-27-24(30)19-12-14-20(15-13-19)26-23(29)18-9-5-4-6-10-18/h4-16,22H,3H2,1-2H3,(H,26,29)(H,27,30)(H,28,31). The van der Waals surface area contributed by atoms with Gasteiger partial charge in [-0.15, -0.1) is 0 Å². The van der Waals surface area contributed by atoms with Crippen LogP contribution in [-0.4, -0.2) is 23.8 Å². The van der Waals surface area contributed by atoms with Crippen molar-refractivity contribution in [2.45, 2.75) is 26.4 Å². The highest BCUT2D eigenvalue weighted by Crippen LogP contribution is 2.15. The molecule has 0 aliphatic heterocycles. The van der Waals surface area contributed by atoms with Gasteiger partial charge in [0.1, 0.15) is 5.75 Å². The highest BCUT2D eigenvalue weighted by molar-refractivity contribution is 6.04. The van der Waals surface area contributed by atoms with Gasteiger partial charge >= 0.3 is 0 Å². The van der Waals surface area contributed by atoms with Gasteiger partial charge in [0.15, 0.2) is 6.10 Å². The number of rotatable bonds is 7. The number of anilines is 1. The summed E-state index contributed by atoms with van der Waals surface area (Å²) in [5, 5.41) is 2.77. The number of hydrogen-bond donors (Lipinski definition) is 3. The van der Waals surface area contributed by atoms with E-state index in [1.54, 1.807) is 54.6 Å². The highest BCUT2D eigenvalue weighted by atomic mass is 16.5. The summed E-state index contributed by atoms with van der Waals surface area (Å²) in [4.78, 5) is 37.0. The Morgan fingerprint density at radius 1 is 0.812 bits per heavy atom.